The van der Waals surface area contributed by atoms with Crippen LogP contribution < -0.4 is 15.2 Å². The maximum Gasteiger partial charge on any atom is 0.276 e. The lowest BCUT2D eigenvalue weighted by molar-refractivity contribution is -0.123. The smallest absolute Gasteiger partial charge is 0.276 e. The molecule has 0 saturated carbocycles. The predicted octanol–water partition coefficient (Wildman–Crippen LogP) is 2.37. The molecule has 0 aliphatic heterocycles. The first kappa shape index (κ1) is 13.9. The second-order valence-electron chi connectivity index (χ2n) is 4.18. The number of halogens is 1. The Morgan fingerprint density at radius 2 is 1.95 bits per heavy atom. The number of amides is 1. The van der Waals surface area contributed by atoms with Gasteiger partial charge >= 0.3 is 0 Å². The van der Waals surface area contributed by atoms with Crippen molar-refractivity contribution in [3.63, 3.8) is 0 Å². The minimum Gasteiger partial charge on any atom is -0.484 e. The molecule has 0 unspecified atom stereocenters. The molecule has 5 heteroatoms. The molecule has 2 aromatic carbocycles. The largest absolute Gasteiger partial charge is 0.484 e. The van der Waals surface area contributed by atoms with E-state index >= 15 is 0 Å². The van der Waals surface area contributed by atoms with Crippen molar-refractivity contribution >= 4 is 11.6 Å². The van der Waals surface area contributed by atoms with Crippen molar-refractivity contribution in [2.75, 3.05) is 18.7 Å². The van der Waals surface area contributed by atoms with E-state index in [2.05, 4.69) is 5.43 Å². The van der Waals surface area contributed by atoms with E-state index in [0.29, 0.717) is 5.75 Å². The van der Waals surface area contributed by atoms with Crippen LogP contribution in [0.3, 0.4) is 0 Å². The maximum atomic E-state index is 12.9. The molecular formula is C15H15FN2O2. The Labute approximate surface area is 116 Å². The fourth-order valence-corrected chi connectivity index (χ4v) is 1.64. The Morgan fingerprint density at radius 3 is 2.65 bits per heavy atom. The molecule has 20 heavy (non-hydrogen) atoms. The molecule has 1 N–H and O–H groups in total. The summed E-state index contributed by atoms with van der Waals surface area (Å²) in [5.41, 5.74) is 3.51. The number of ether oxygens (including phenoxy) is 1. The summed E-state index contributed by atoms with van der Waals surface area (Å²) in [4.78, 5) is 11.7. The molecule has 0 radical (unpaired) electrons. The average Bonchev–Trinajstić information content (AvgIpc) is 2.46. The summed E-state index contributed by atoms with van der Waals surface area (Å²) in [5.74, 6) is -0.396. The van der Waals surface area contributed by atoms with Gasteiger partial charge in [-0.15, -0.1) is 0 Å². The summed E-state index contributed by atoms with van der Waals surface area (Å²) in [7, 11) is 1.73. The number of rotatable bonds is 5. The van der Waals surface area contributed by atoms with Crippen molar-refractivity contribution in [2.45, 2.75) is 0 Å². The van der Waals surface area contributed by atoms with Crippen LogP contribution in [-0.2, 0) is 4.79 Å². The maximum absolute atomic E-state index is 12.9. The normalized spacial score (nSPS) is 9.90. The molecule has 1 amide bonds. The zero-order chi connectivity index (χ0) is 14.4. The van der Waals surface area contributed by atoms with Crippen molar-refractivity contribution < 1.29 is 13.9 Å². The quantitative estimate of drug-likeness (QED) is 0.851. The number of anilines is 1. The fourth-order valence-electron chi connectivity index (χ4n) is 1.64. The van der Waals surface area contributed by atoms with Crippen molar-refractivity contribution in [2.24, 2.45) is 0 Å². The zero-order valence-corrected chi connectivity index (χ0v) is 11.0. The molecule has 0 bridgehead atoms. The van der Waals surface area contributed by atoms with Gasteiger partial charge < -0.3 is 4.74 Å². The molecule has 0 spiro atoms. The van der Waals surface area contributed by atoms with Crippen LogP contribution in [0.15, 0.2) is 54.6 Å². The van der Waals surface area contributed by atoms with Gasteiger partial charge in [-0.1, -0.05) is 24.3 Å². The van der Waals surface area contributed by atoms with Crippen LogP contribution in [0, 0.1) is 5.82 Å². The summed E-state index contributed by atoms with van der Waals surface area (Å²) < 4.78 is 18.1. The van der Waals surface area contributed by atoms with Crippen LogP contribution in [0.25, 0.3) is 0 Å². The van der Waals surface area contributed by atoms with E-state index in [1.165, 1.54) is 18.2 Å². The second-order valence-corrected chi connectivity index (χ2v) is 4.18. The minimum atomic E-state index is -0.399. The first-order valence-corrected chi connectivity index (χ1v) is 6.12. The lowest BCUT2D eigenvalue weighted by atomic mass is 10.3. The molecule has 0 aliphatic carbocycles. The highest BCUT2D eigenvalue weighted by Crippen LogP contribution is 2.12. The van der Waals surface area contributed by atoms with Gasteiger partial charge in [0, 0.05) is 13.1 Å². The van der Waals surface area contributed by atoms with E-state index in [0.717, 1.165) is 5.69 Å². The van der Waals surface area contributed by atoms with Crippen LogP contribution in [-0.4, -0.2) is 19.6 Å². The van der Waals surface area contributed by atoms with Crippen molar-refractivity contribution in [1.29, 1.82) is 0 Å². The molecule has 4 nitrogen and oxygen atoms in total. The van der Waals surface area contributed by atoms with Crippen molar-refractivity contribution in [3.8, 4) is 5.75 Å². The van der Waals surface area contributed by atoms with Crippen LogP contribution in [0.5, 0.6) is 5.75 Å². The summed E-state index contributed by atoms with van der Waals surface area (Å²) >= 11 is 0. The third-order valence-corrected chi connectivity index (χ3v) is 2.60. The van der Waals surface area contributed by atoms with E-state index < -0.39 is 5.82 Å². The molecule has 2 aromatic rings. The second kappa shape index (κ2) is 6.56. The van der Waals surface area contributed by atoms with E-state index in [4.69, 9.17) is 4.74 Å². The Kier molecular flexibility index (Phi) is 4.55. The lowest BCUT2D eigenvalue weighted by Gasteiger charge is -2.20. The number of carbonyl (C=O) groups is 1. The number of nitrogens with zero attached hydrogens (tertiary/aromatic N) is 1. The fraction of sp³-hybridized carbons (Fsp3) is 0.133. The van der Waals surface area contributed by atoms with Gasteiger partial charge in [0.25, 0.3) is 5.91 Å². The standard InChI is InChI=1S/C15H15FN2O2/c1-18(13-7-3-2-4-8-13)17-15(19)11-20-14-9-5-6-12(16)10-14/h2-10H,11H2,1H3,(H,17,19). The van der Waals surface area contributed by atoms with E-state index in [9.17, 15) is 9.18 Å². The Bertz CT molecular complexity index is 575. The molecule has 2 rings (SSSR count). The van der Waals surface area contributed by atoms with Gasteiger partial charge in [-0.25, -0.2) is 4.39 Å². The first-order valence-electron chi connectivity index (χ1n) is 6.12. The monoisotopic (exact) mass is 274 g/mol. The molecule has 0 saturated heterocycles. The first-order chi connectivity index (χ1) is 9.65. The highest BCUT2D eigenvalue weighted by molar-refractivity contribution is 5.79. The highest BCUT2D eigenvalue weighted by atomic mass is 19.1. The van der Waals surface area contributed by atoms with Gasteiger partial charge in [0.1, 0.15) is 11.6 Å². The summed E-state index contributed by atoms with van der Waals surface area (Å²) in [6.07, 6.45) is 0. The molecule has 0 heterocycles. The van der Waals surface area contributed by atoms with Crippen molar-refractivity contribution in [1.82, 2.24) is 5.43 Å². The van der Waals surface area contributed by atoms with Gasteiger partial charge in [-0.3, -0.25) is 15.2 Å². The SMILES string of the molecule is CN(NC(=O)COc1cccc(F)c1)c1ccccc1. The Morgan fingerprint density at radius 1 is 1.20 bits per heavy atom. The van der Waals surface area contributed by atoms with E-state index in [-0.39, 0.29) is 12.5 Å². The topological polar surface area (TPSA) is 41.6 Å². The van der Waals surface area contributed by atoms with Crippen LogP contribution in [0.4, 0.5) is 10.1 Å². The minimum absolute atomic E-state index is 0.180. The number of carbonyl (C=O) groups excluding carboxylic acids is 1. The highest BCUT2D eigenvalue weighted by Gasteiger charge is 2.07. The van der Waals surface area contributed by atoms with Crippen LogP contribution in [0.1, 0.15) is 0 Å². The van der Waals surface area contributed by atoms with E-state index in [1.807, 2.05) is 30.3 Å². The van der Waals surface area contributed by atoms with E-state index in [1.54, 1.807) is 18.1 Å². The van der Waals surface area contributed by atoms with Gasteiger partial charge in [0.2, 0.25) is 0 Å². The number of nitrogens with one attached hydrogen (secondary N) is 1. The number of para-hydroxylation sites is 1. The lowest BCUT2D eigenvalue weighted by Crippen LogP contribution is -2.41. The van der Waals surface area contributed by atoms with Gasteiger partial charge in [-0.2, -0.15) is 0 Å². The average molecular weight is 274 g/mol. The Hall–Kier alpha value is -2.56. The molecular weight excluding hydrogens is 259 g/mol. The number of hydrogen-bond acceptors (Lipinski definition) is 3. The van der Waals surface area contributed by atoms with Gasteiger partial charge in [-0.05, 0) is 24.3 Å². The third kappa shape index (κ3) is 3.98. The number of hydrogen-bond donors (Lipinski definition) is 1. The molecule has 0 atom stereocenters. The number of hydrazine groups is 1. The van der Waals surface area contributed by atoms with Crippen LogP contribution in [0.2, 0.25) is 0 Å². The van der Waals surface area contributed by atoms with Crippen LogP contribution >= 0.6 is 0 Å². The summed E-state index contributed by atoms with van der Waals surface area (Å²) in [6.45, 7) is -0.180. The molecule has 104 valence electrons. The zero-order valence-electron chi connectivity index (χ0n) is 11.0. The Balaban J connectivity index is 1.84. The van der Waals surface area contributed by atoms with Gasteiger partial charge in [0.05, 0.1) is 5.69 Å². The third-order valence-electron chi connectivity index (χ3n) is 2.60. The molecule has 0 aliphatic rings. The predicted molar refractivity (Wildman–Crippen MR) is 74.9 cm³/mol. The summed E-state index contributed by atoms with van der Waals surface area (Å²) in [6, 6.07) is 15.1. The van der Waals surface area contributed by atoms with Gasteiger partial charge in [0.15, 0.2) is 6.61 Å². The molecule has 0 fully saturated rings. The summed E-state index contributed by atoms with van der Waals surface area (Å²) in [5, 5.41) is 1.59. The van der Waals surface area contributed by atoms with Crippen molar-refractivity contribution in [3.05, 3.63) is 60.4 Å². The number of benzene rings is 2. The molecule has 0 aromatic heterocycles.